The second-order valence-electron chi connectivity index (χ2n) is 2.62. The predicted molar refractivity (Wildman–Crippen MR) is 45.4 cm³/mol. The Morgan fingerprint density at radius 1 is 1.50 bits per heavy atom. The molecule has 1 atom stereocenters. The van der Waals surface area contributed by atoms with E-state index in [2.05, 4.69) is 0 Å². The first-order valence-electron chi connectivity index (χ1n) is 3.86. The molecule has 0 radical (unpaired) electrons. The first kappa shape index (κ1) is 10.4. The fourth-order valence-corrected chi connectivity index (χ4v) is 0.809. The minimum absolute atomic E-state index is 0.114. The van der Waals surface area contributed by atoms with Crippen LogP contribution in [0.2, 0.25) is 0 Å². The van der Waals surface area contributed by atoms with Gasteiger partial charge in [-0.3, -0.25) is 0 Å². The molecule has 14 heavy (non-hydrogen) atoms. The Bertz CT molecular complexity index is 362. The molecule has 74 valence electrons. The summed E-state index contributed by atoms with van der Waals surface area (Å²) in [6, 6.07) is 3.82. The number of ether oxygens (including phenoxy) is 1. The van der Waals surface area contributed by atoms with E-state index in [-0.39, 0.29) is 12.4 Å². The Morgan fingerprint density at radius 2 is 2.21 bits per heavy atom. The summed E-state index contributed by atoms with van der Waals surface area (Å²) in [5.41, 5.74) is 5.22. The Labute approximate surface area is 79.7 Å². The number of rotatable bonds is 3. The maximum absolute atomic E-state index is 12.9. The van der Waals surface area contributed by atoms with Crippen molar-refractivity contribution in [1.29, 1.82) is 5.26 Å². The van der Waals surface area contributed by atoms with Crippen LogP contribution in [0.1, 0.15) is 0 Å². The van der Waals surface area contributed by atoms with Crippen molar-refractivity contribution in [2.75, 3.05) is 6.61 Å². The molecule has 1 unspecified atom stereocenters. The summed E-state index contributed by atoms with van der Waals surface area (Å²) in [6.45, 7) is -0.126. The van der Waals surface area contributed by atoms with Gasteiger partial charge in [0.25, 0.3) is 0 Å². The van der Waals surface area contributed by atoms with Crippen molar-refractivity contribution < 1.29 is 13.5 Å². The van der Waals surface area contributed by atoms with Crippen LogP contribution in [0.25, 0.3) is 0 Å². The van der Waals surface area contributed by atoms with Crippen molar-refractivity contribution in [2.24, 2.45) is 5.73 Å². The van der Waals surface area contributed by atoms with Gasteiger partial charge < -0.3 is 10.5 Å². The number of nitrogens with zero attached hydrogens (tertiary/aromatic N) is 1. The summed E-state index contributed by atoms with van der Waals surface area (Å²) < 4.78 is 30.2. The number of halogens is 2. The molecule has 0 saturated heterocycles. The van der Waals surface area contributed by atoms with Gasteiger partial charge in [-0.2, -0.15) is 5.26 Å². The highest BCUT2D eigenvalue weighted by Gasteiger charge is 2.06. The van der Waals surface area contributed by atoms with E-state index in [4.69, 9.17) is 15.7 Å². The second-order valence-corrected chi connectivity index (χ2v) is 2.62. The van der Waals surface area contributed by atoms with E-state index in [1.54, 1.807) is 6.07 Å². The minimum Gasteiger partial charge on any atom is -0.488 e. The molecule has 0 fully saturated rings. The third-order valence-electron chi connectivity index (χ3n) is 1.48. The fraction of sp³-hybridized carbons (Fsp3) is 0.222. The van der Waals surface area contributed by atoms with Crippen LogP contribution in [0.5, 0.6) is 5.75 Å². The molecule has 1 aromatic rings. The van der Waals surface area contributed by atoms with Gasteiger partial charge in [-0.1, -0.05) is 0 Å². The zero-order valence-electron chi connectivity index (χ0n) is 7.21. The highest BCUT2D eigenvalue weighted by molar-refractivity contribution is 5.24. The molecular weight excluding hydrogens is 190 g/mol. The summed E-state index contributed by atoms with van der Waals surface area (Å²) in [6.07, 6.45) is 0. The van der Waals surface area contributed by atoms with Crippen molar-refractivity contribution >= 4 is 0 Å². The van der Waals surface area contributed by atoms with Crippen LogP contribution in [-0.4, -0.2) is 12.6 Å². The predicted octanol–water partition coefficient (Wildman–Crippen LogP) is 1.19. The highest BCUT2D eigenvalue weighted by atomic mass is 19.1. The highest BCUT2D eigenvalue weighted by Crippen LogP contribution is 2.17. The molecule has 0 heterocycles. The third kappa shape index (κ3) is 2.68. The number of hydrogen-bond acceptors (Lipinski definition) is 3. The van der Waals surface area contributed by atoms with Gasteiger partial charge in [0.05, 0.1) is 6.07 Å². The molecule has 2 N–H and O–H groups in total. The van der Waals surface area contributed by atoms with Crippen molar-refractivity contribution in [1.82, 2.24) is 0 Å². The molecule has 0 aromatic heterocycles. The molecule has 0 aliphatic rings. The van der Waals surface area contributed by atoms with Crippen LogP contribution in [0, 0.1) is 23.0 Å². The van der Waals surface area contributed by atoms with E-state index >= 15 is 0 Å². The van der Waals surface area contributed by atoms with Crippen molar-refractivity contribution in [3.63, 3.8) is 0 Å². The first-order valence-corrected chi connectivity index (χ1v) is 3.86. The molecule has 0 saturated carbocycles. The lowest BCUT2D eigenvalue weighted by Gasteiger charge is -2.07. The van der Waals surface area contributed by atoms with Gasteiger partial charge in [0, 0.05) is 6.07 Å². The SMILES string of the molecule is N#CC(N)COc1ccc(F)cc1F. The average Bonchev–Trinajstić information content (AvgIpc) is 2.16. The molecule has 1 aromatic carbocycles. The molecule has 0 aliphatic heterocycles. The average molecular weight is 198 g/mol. The standard InChI is InChI=1S/C9H8F2N2O/c10-6-1-2-9(8(11)3-6)14-5-7(13)4-12/h1-3,7H,5,13H2. The number of nitriles is 1. The van der Waals surface area contributed by atoms with Crippen molar-refractivity contribution in [3.8, 4) is 11.8 Å². The van der Waals surface area contributed by atoms with Crippen LogP contribution in [0.3, 0.4) is 0 Å². The molecule has 5 heteroatoms. The van der Waals surface area contributed by atoms with Gasteiger partial charge in [0.2, 0.25) is 0 Å². The molecule has 1 rings (SSSR count). The van der Waals surface area contributed by atoms with Gasteiger partial charge in [0.1, 0.15) is 18.5 Å². The van der Waals surface area contributed by atoms with E-state index in [0.29, 0.717) is 6.07 Å². The zero-order valence-corrected chi connectivity index (χ0v) is 7.21. The maximum Gasteiger partial charge on any atom is 0.167 e. The van der Waals surface area contributed by atoms with Gasteiger partial charge >= 0.3 is 0 Å². The molecule has 0 spiro atoms. The Morgan fingerprint density at radius 3 is 2.79 bits per heavy atom. The summed E-state index contributed by atoms with van der Waals surface area (Å²) in [7, 11) is 0. The van der Waals surface area contributed by atoms with Crippen LogP contribution < -0.4 is 10.5 Å². The van der Waals surface area contributed by atoms with Crippen molar-refractivity contribution in [2.45, 2.75) is 6.04 Å². The zero-order chi connectivity index (χ0) is 10.6. The molecule has 0 amide bonds. The summed E-state index contributed by atoms with van der Waals surface area (Å²) in [4.78, 5) is 0. The Balaban J connectivity index is 2.64. The normalized spacial score (nSPS) is 11.9. The van der Waals surface area contributed by atoms with E-state index in [1.807, 2.05) is 0 Å². The summed E-state index contributed by atoms with van der Waals surface area (Å²) >= 11 is 0. The Kier molecular flexibility index (Phi) is 3.37. The van der Waals surface area contributed by atoms with Crippen LogP contribution in [0.4, 0.5) is 8.78 Å². The lowest BCUT2D eigenvalue weighted by atomic mass is 10.3. The fourth-order valence-electron chi connectivity index (χ4n) is 0.809. The van der Waals surface area contributed by atoms with E-state index in [9.17, 15) is 8.78 Å². The monoisotopic (exact) mass is 198 g/mol. The Hall–Kier alpha value is -1.67. The van der Waals surface area contributed by atoms with Gasteiger partial charge in [-0.25, -0.2) is 8.78 Å². The van der Waals surface area contributed by atoms with E-state index in [1.165, 1.54) is 0 Å². The van der Waals surface area contributed by atoms with E-state index in [0.717, 1.165) is 12.1 Å². The molecule has 3 nitrogen and oxygen atoms in total. The summed E-state index contributed by atoms with van der Waals surface area (Å²) in [5, 5.41) is 8.32. The topological polar surface area (TPSA) is 59.0 Å². The smallest absolute Gasteiger partial charge is 0.167 e. The molecule has 0 bridgehead atoms. The van der Waals surface area contributed by atoms with E-state index < -0.39 is 17.7 Å². The van der Waals surface area contributed by atoms with Gasteiger partial charge in [-0.05, 0) is 12.1 Å². The quantitative estimate of drug-likeness (QED) is 0.793. The van der Waals surface area contributed by atoms with Crippen LogP contribution in [-0.2, 0) is 0 Å². The van der Waals surface area contributed by atoms with Crippen LogP contribution >= 0.6 is 0 Å². The van der Waals surface area contributed by atoms with Gasteiger partial charge in [0.15, 0.2) is 11.6 Å². The summed E-state index contributed by atoms with van der Waals surface area (Å²) in [5.74, 6) is -1.60. The second kappa shape index (κ2) is 4.53. The minimum atomic E-state index is -0.820. The van der Waals surface area contributed by atoms with Crippen molar-refractivity contribution in [3.05, 3.63) is 29.8 Å². The van der Waals surface area contributed by atoms with Gasteiger partial charge in [-0.15, -0.1) is 0 Å². The lowest BCUT2D eigenvalue weighted by molar-refractivity contribution is 0.292. The lowest BCUT2D eigenvalue weighted by Crippen LogP contribution is -2.25. The molecular formula is C9H8F2N2O. The third-order valence-corrected chi connectivity index (χ3v) is 1.48. The van der Waals surface area contributed by atoms with Crippen LogP contribution in [0.15, 0.2) is 18.2 Å². The molecule has 0 aliphatic carbocycles. The largest absolute Gasteiger partial charge is 0.488 e. The number of benzene rings is 1. The maximum atomic E-state index is 12.9. The first-order chi connectivity index (χ1) is 6.63. The number of nitrogens with two attached hydrogens (primary N) is 1. The number of hydrogen-bond donors (Lipinski definition) is 1.